The second-order valence-electron chi connectivity index (χ2n) is 15.1. The van der Waals surface area contributed by atoms with Gasteiger partial charge in [-0.15, -0.1) is 0 Å². The molecule has 0 radical (unpaired) electrons. The molecule has 0 saturated carbocycles. The lowest BCUT2D eigenvalue weighted by atomic mass is 9.79. The highest BCUT2D eigenvalue weighted by Gasteiger charge is 2.45. The summed E-state index contributed by atoms with van der Waals surface area (Å²) in [6.07, 6.45) is 2.81. The van der Waals surface area contributed by atoms with E-state index in [2.05, 4.69) is 89.9 Å². The Morgan fingerprint density at radius 2 is 0.884 bits per heavy atom. The van der Waals surface area contributed by atoms with Crippen molar-refractivity contribution in [3.8, 4) is 0 Å². The average molecular weight is 593 g/mol. The molecule has 2 N–H and O–H groups in total. The molecule has 2 aromatic carbocycles. The summed E-state index contributed by atoms with van der Waals surface area (Å²) in [4.78, 5) is 30.1. The summed E-state index contributed by atoms with van der Waals surface area (Å²) < 4.78 is 11.7. The molecule has 2 fully saturated rings. The number of nitrogens with zero attached hydrogens (tertiary/aromatic N) is 2. The van der Waals surface area contributed by atoms with E-state index in [1.54, 1.807) is 0 Å². The van der Waals surface area contributed by atoms with Crippen LogP contribution in [0.25, 0.3) is 0 Å². The van der Waals surface area contributed by atoms with Crippen LogP contribution in [0.1, 0.15) is 92.2 Å². The molecule has 2 aliphatic heterocycles. The van der Waals surface area contributed by atoms with Crippen LogP contribution >= 0.6 is 0 Å². The number of piperidine rings is 2. The fourth-order valence-electron chi connectivity index (χ4n) is 6.97. The van der Waals surface area contributed by atoms with Crippen molar-refractivity contribution in [3.05, 3.63) is 59.7 Å². The molecular weight excluding hydrogens is 540 g/mol. The molecule has 0 unspecified atom stereocenters. The summed E-state index contributed by atoms with van der Waals surface area (Å²) in [5.74, 6) is 0. The number of ether oxygens (including phenoxy) is 2. The number of likely N-dealkylation sites (tertiary alicyclic amines) is 2. The van der Waals surface area contributed by atoms with E-state index in [0.29, 0.717) is 11.4 Å². The lowest BCUT2D eigenvalue weighted by Gasteiger charge is -2.53. The van der Waals surface area contributed by atoms with Crippen LogP contribution in [0.5, 0.6) is 0 Å². The van der Waals surface area contributed by atoms with Gasteiger partial charge in [-0.05, 0) is 111 Å². The van der Waals surface area contributed by atoms with Crippen LogP contribution in [0.3, 0.4) is 0 Å². The molecule has 0 spiro atoms. The smallest absolute Gasteiger partial charge is 0.411 e. The maximum atomic E-state index is 12.7. The molecule has 0 aliphatic carbocycles. The van der Waals surface area contributed by atoms with Crippen molar-refractivity contribution in [3.63, 3.8) is 0 Å². The quantitative estimate of drug-likeness (QED) is 0.358. The van der Waals surface area contributed by atoms with Crippen molar-refractivity contribution in [2.24, 2.45) is 0 Å². The lowest BCUT2D eigenvalue weighted by Crippen LogP contribution is -2.60. The number of benzene rings is 2. The van der Waals surface area contributed by atoms with Crippen LogP contribution in [0.4, 0.5) is 21.0 Å². The zero-order chi connectivity index (χ0) is 31.8. The maximum Gasteiger partial charge on any atom is 0.411 e. The molecule has 8 heteroatoms. The van der Waals surface area contributed by atoms with Gasteiger partial charge in [0.1, 0.15) is 12.2 Å². The van der Waals surface area contributed by atoms with E-state index in [1.807, 2.05) is 48.5 Å². The van der Waals surface area contributed by atoms with Gasteiger partial charge in [0.05, 0.1) is 0 Å². The monoisotopic (exact) mass is 592 g/mol. The first kappa shape index (κ1) is 32.8. The fourth-order valence-corrected chi connectivity index (χ4v) is 6.97. The molecule has 2 saturated heterocycles. The van der Waals surface area contributed by atoms with Gasteiger partial charge >= 0.3 is 12.2 Å². The Labute approximate surface area is 258 Å². The van der Waals surface area contributed by atoms with Gasteiger partial charge in [-0.3, -0.25) is 20.4 Å². The standard InChI is InChI=1S/C35H52N4O4/c1-32(2)20-28(21-33(3,4)38(32)9)42-30(40)36-26-15-11-24(12-16-26)19-25-13-17-27(18-14-25)37-31(41)43-29-22-34(5,6)39(10)35(7,8)23-29/h11-18,28-29H,19-23H2,1-10H3,(H,36,40)(H,37,41). The number of hydrogen-bond acceptors (Lipinski definition) is 6. The highest BCUT2D eigenvalue weighted by molar-refractivity contribution is 5.85. The predicted octanol–water partition coefficient (Wildman–Crippen LogP) is 7.68. The molecule has 0 aromatic heterocycles. The molecule has 2 amide bonds. The van der Waals surface area contributed by atoms with Crippen LogP contribution < -0.4 is 10.6 Å². The van der Waals surface area contributed by atoms with Crippen LogP contribution in [0.2, 0.25) is 0 Å². The number of nitrogens with one attached hydrogen (secondary N) is 2. The Kier molecular flexibility index (Phi) is 9.25. The van der Waals surface area contributed by atoms with E-state index in [4.69, 9.17) is 9.47 Å². The number of hydrogen-bond donors (Lipinski definition) is 2. The average Bonchev–Trinajstić information content (AvgIpc) is 2.87. The minimum absolute atomic E-state index is 0.0483. The van der Waals surface area contributed by atoms with Gasteiger partial charge < -0.3 is 9.47 Å². The van der Waals surface area contributed by atoms with Gasteiger partial charge in [-0.2, -0.15) is 0 Å². The zero-order valence-corrected chi connectivity index (χ0v) is 27.8. The van der Waals surface area contributed by atoms with Crippen LogP contribution in [0.15, 0.2) is 48.5 Å². The van der Waals surface area contributed by atoms with Crippen LogP contribution in [-0.2, 0) is 15.9 Å². The molecule has 236 valence electrons. The molecule has 4 rings (SSSR count). The van der Waals surface area contributed by atoms with Crippen molar-refractivity contribution >= 4 is 23.6 Å². The van der Waals surface area contributed by atoms with Crippen molar-refractivity contribution in [2.75, 3.05) is 24.7 Å². The van der Waals surface area contributed by atoms with Crippen molar-refractivity contribution in [1.29, 1.82) is 0 Å². The number of anilines is 2. The van der Waals surface area contributed by atoms with E-state index in [1.165, 1.54) is 0 Å². The molecule has 0 atom stereocenters. The lowest BCUT2D eigenvalue weighted by molar-refractivity contribution is -0.0666. The summed E-state index contributed by atoms with van der Waals surface area (Å²) >= 11 is 0. The van der Waals surface area contributed by atoms with Gasteiger partial charge in [0, 0.05) is 59.2 Å². The Bertz CT molecular complexity index is 1150. The SMILES string of the molecule is CN1C(C)(C)CC(OC(=O)Nc2ccc(Cc3ccc(NC(=O)OC4CC(C)(C)N(C)C(C)(C)C4)cc3)cc2)CC1(C)C. The molecular formula is C35H52N4O4. The summed E-state index contributed by atoms with van der Waals surface area (Å²) in [5.41, 5.74) is 3.45. The Morgan fingerprint density at radius 3 is 1.16 bits per heavy atom. The first-order chi connectivity index (χ1) is 19.9. The third kappa shape index (κ3) is 8.09. The third-order valence-corrected chi connectivity index (χ3v) is 9.90. The van der Waals surface area contributed by atoms with Crippen LogP contribution in [-0.4, -0.2) is 70.4 Å². The van der Waals surface area contributed by atoms with Gasteiger partial charge in [0.15, 0.2) is 0 Å². The second kappa shape index (κ2) is 12.1. The fraction of sp³-hybridized carbons (Fsp3) is 0.600. The van der Waals surface area contributed by atoms with Gasteiger partial charge in [-0.1, -0.05) is 24.3 Å². The largest absolute Gasteiger partial charge is 0.446 e. The summed E-state index contributed by atoms with van der Waals surface area (Å²) in [5, 5.41) is 5.77. The van der Waals surface area contributed by atoms with Gasteiger partial charge in [0.25, 0.3) is 0 Å². The Hall–Kier alpha value is -3.10. The number of rotatable bonds is 6. The molecule has 2 aliphatic rings. The molecule has 43 heavy (non-hydrogen) atoms. The minimum Gasteiger partial charge on any atom is -0.446 e. The zero-order valence-electron chi connectivity index (χ0n) is 27.8. The summed E-state index contributed by atoms with van der Waals surface area (Å²) in [6, 6.07) is 15.6. The number of carbonyl (C=O) groups is 2. The molecule has 8 nitrogen and oxygen atoms in total. The van der Waals surface area contributed by atoms with Crippen molar-refractivity contribution in [2.45, 2.75) is 122 Å². The van der Waals surface area contributed by atoms with Crippen molar-refractivity contribution < 1.29 is 19.1 Å². The normalized spacial score (nSPS) is 22.0. The number of carbonyl (C=O) groups excluding carboxylic acids is 2. The topological polar surface area (TPSA) is 83.1 Å². The molecule has 2 aromatic rings. The molecule has 2 heterocycles. The highest BCUT2D eigenvalue weighted by Crippen LogP contribution is 2.39. The van der Waals surface area contributed by atoms with E-state index in [9.17, 15) is 9.59 Å². The third-order valence-electron chi connectivity index (χ3n) is 9.90. The van der Waals surface area contributed by atoms with E-state index < -0.39 is 12.2 Å². The molecule has 0 bridgehead atoms. The van der Waals surface area contributed by atoms with Gasteiger partial charge in [0.2, 0.25) is 0 Å². The first-order valence-corrected chi connectivity index (χ1v) is 15.5. The minimum atomic E-state index is -0.418. The van der Waals surface area contributed by atoms with Crippen LogP contribution in [0, 0.1) is 0 Å². The summed E-state index contributed by atoms with van der Waals surface area (Å²) in [7, 11) is 4.27. The number of amides is 2. The predicted molar refractivity (Wildman–Crippen MR) is 174 cm³/mol. The Morgan fingerprint density at radius 1 is 0.605 bits per heavy atom. The first-order valence-electron chi connectivity index (χ1n) is 15.5. The van der Waals surface area contributed by atoms with Gasteiger partial charge in [-0.25, -0.2) is 9.59 Å². The van der Waals surface area contributed by atoms with E-state index in [-0.39, 0.29) is 34.4 Å². The van der Waals surface area contributed by atoms with E-state index in [0.717, 1.165) is 43.2 Å². The highest BCUT2D eigenvalue weighted by atomic mass is 16.6. The van der Waals surface area contributed by atoms with E-state index >= 15 is 0 Å². The summed E-state index contributed by atoms with van der Waals surface area (Å²) in [6.45, 7) is 17.5. The second-order valence-corrected chi connectivity index (χ2v) is 15.1. The maximum absolute atomic E-state index is 12.7. The van der Waals surface area contributed by atoms with Crippen molar-refractivity contribution in [1.82, 2.24) is 9.80 Å². The Balaban J connectivity index is 1.25.